The number of Topliss-reactive ketones (excluding diaryl/α,β-unsaturated/α-hetero) is 1. The zero-order valence-electron chi connectivity index (χ0n) is 17.7. The highest BCUT2D eigenvalue weighted by molar-refractivity contribution is 6.33. The molecule has 1 aliphatic rings. The van der Waals surface area contributed by atoms with Crippen LogP contribution in [-0.2, 0) is 6.61 Å². The van der Waals surface area contributed by atoms with Crippen molar-refractivity contribution < 1.29 is 14.3 Å². The Balaban J connectivity index is 1.58. The maximum atomic E-state index is 12.9. The summed E-state index contributed by atoms with van der Waals surface area (Å²) in [5, 5.41) is 0.378. The van der Waals surface area contributed by atoms with E-state index < -0.39 is 0 Å². The fraction of sp³-hybridized carbons (Fsp3) is 0.458. The molecule has 30 heavy (non-hydrogen) atoms. The summed E-state index contributed by atoms with van der Waals surface area (Å²) < 4.78 is 11.1. The van der Waals surface area contributed by atoms with Crippen molar-refractivity contribution in [2.75, 3.05) is 32.5 Å². The van der Waals surface area contributed by atoms with Crippen LogP contribution in [0.2, 0.25) is 5.02 Å². The first-order valence-corrected chi connectivity index (χ1v) is 11.0. The Morgan fingerprint density at radius 3 is 2.53 bits per heavy atom. The predicted octanol–water partition coefficient (Wildman–Crippen LogP) is 5.35. The van der Waals surface area contributed by atoms with Gasteiger partial charge in [0.05, 0.1) is 23.4 Å². The van der Waals surface area contributed by atoms with Crippen molar-refractivity contribution in [3.8, 4) is 11.5 Å². The number of halogens is 1. The fourth-order valence-corrected chi connectivity index (χ4v) is 3.89. The molecule has 0 atom stereocenters. The number of piperidine rings is 1. The van der Waals surface area contributed by atoms with Crippen LogP contribution in [-0.4, -0.2) is 37.4 Å². The molecule has 3 rings (SSSR count). The number of nitrogens with two attached hydrogens (primary N) is 1. The van der Waals surface area contributed by atoms with Crippen LogP contribution in [0.15, 0.2) is 36.4 Å². The van der Waals surface area contributed by atoms with Gasteiger partial charge in [0.1, 0.15) is 18.1 Å². The van der Waals surface area contributed by atoms with E-state index in [0.29, 0.717) is 35.1 Å². The van der Waals surface area contributed by atoms with E-state index in [-0.39, 0.29) is 5.78 Å². The van der Waals surface area contributed by atoms with Gasteiger partial charge in [-0.05, 0) is 69.1 Å². The summed E-state index contributed by atoms with van der Waals surface area (Å²) in [7, 11) is 1.63. The zero-order chi connectivity index (χ0) is 21.3. The number of anilines is 1. The number of benzene rings is 2. The smallest absolute Gasteiger partial charge is 0.166 e. The van der Waals surface area contributed by atoms with Gasteiger partial charge in [-0.3, -0.25) is 4.79 Å². The average Bonchev–Trinajstić information content (AvgIpc) is 2.78. The standard InChI is InChI=1S/C24H31ClN2O3/c1-29-19-10-8-18(9-11-19)17-30-24-16-22(26)21(25)15-20(24)23(28)7-3-6-14-27-12-4-2-5-13-27/h8-11,15-16H,2-7,12-14,17,26H2,1H3. The third-order valence-electron chi connectivity index (χ3n) is 5.53. The van der Waals surface area contributed by atoms with Gasteiger partial charge in [0, 0.05) is 12.5 Å². The van der Waals surface area contributed by atoms with E-state index in [4.69, 9.17) is 26.8 Å². The van der Waals surface area contributed by atoms with Crippen LogP contribution in [0.25, 0.3) is 0 Å². The van der Waals surface area contributed by atoms with Gasteiger partial charge in [-0.2, -0.15) is 0 Å². The highest BCUT2D eigenvalue weighted by Gasteiger charge is 2.16. The van der Waals surface area contributed by atoms with E-state index >= 15 is 0 Å². The molecule has 0 bridgehead atoms. The number of nitrogen functional groups attached to an aromatic ring is 1. The number of carbonyl (C=O) groups is 1. The maximum absolute atomic E-state index is 12.9. The molecule has 162 valence electrons. The quantitative estimate of drug-likeness (QED) is 0.312. The summed E-state index contributed by atoms with van der Waals surface area (Å²) in [4.78, 5) is 15.4. The van der Waals surface area contributed by atoms with Crippen molar-refractivity contribution in [1.82, 2.24) is 4.90 Å². The SMILES string of the molecule is COc1ccc(COc2cc(N)c(Cl)cc2C(=O)CCCCN2CCCCC2)cc1. The average molecular weight is 431 g/mol. The Bertz CT molecular complexity index is 833. The third-order valence-corrected chi connectivity index (χ3v) is 5.86. The second-order valence-corrected chi connectivity index (χ2v) is 8.20. The number of hydrogen-bond donors (Lipinski definition) is 1. The molecule has 0 saturated carbocycles. The minimum absolute atomic E-state index is 0.0419. The van der Waals surface area contributed by atoms with Gasteiger partial charge in [0.15, 0.2) is 5.78 Å². The van der Waals surface area contributed by atoms with Crippen molar-refractivity contribution in [3.63, 3.8) is 0 Å². The number of rotatable bonds is 10. The molecule has 0 radical (unpaired) electrons. The Labute approximate surface area is 184 Å². The van der Waals surface area contributed by atoms with Crippen molar-refractivity contribution in [1.29, 1.82) is 0 Å². The first kappa shape index (κ1) is 22.4. The van der Waals surface area contributed by atoms with E-state index in [9.17, 15) is 4.79 Å². The summed E-state index contributed by atoms with van der Waals surface area (Å²) in [5.74, 6) is 1.31. The van der Waals surface area contributed by atoms with E-state index in [0.717, 1.165) is 30.7 Å². The fourth-order valence-electron chi connectivity index (χ4n) is 3.73. The van der Waals surface area contributed by atoms with Gasteiger partial charge >= 0.3 is 0 Å². The third kappa shape index (κ3) is 6.38. The highest BCUT2D eigenvalue weighted by Crippen LogP contribution is 2.31. The topological polar surface area (TPSA) is 64.8 Å². The highest BCUT2D eigenvalue weighted by atomic mass is 35.5. The van der Waals surface area contributed by atoms with Crippen LogP contribution in [0.5, 0.6) is 11.5 Å². The van der Waals surface area contributed by atoms with Crippen LogP contribution >= 0.6 is 11.6 Å². The molecule has 0 aliphatic carbocycles. The summed E-state index contributed by atoms with van der Waals surface area (Å²) in [6.45, 7) is 3.77. The summed E-state index contributed by atoms with van der Waals surface area (Å²) in [5.41, 5.74) is 7.84. The van der Waals surface area contributed by atoms with Gasteiger partial charge in [-0.25, -0.2) is 0 Å². The number of ketones is 1. The molecule has 2 N–H and O–H groups in total. The number of hydrogen-bond acceptors (Lipinski definition) is 5. The Morgan fingerprint density at radius 1 is 1.10 bits per heavy atom. The van der Waals surface area contributed by atoms with E-state index in [1.807, 2.05) is 24.3 Å². The molecular weight excluding hydrogens is 400 g/mol. The minimum Gasteiger partial charge on any atom is -0.497 e. The van der Waals surface area contributed by atoms with Crippen LogP contribution in [0, 0.1) is 0 Å². The maximum Gasteiger partial charge on any atom is 0.166 e. The molecule has 0 unspecified atom stereocenters. The number of ether oxygens (including phenoxy) is 2. The van der Waals surface area contributed by atoms with Gasteiger partial charge in [-0.15, -0.1) is 0 Å². The van der Waals surface area contributed by atoms with E-state index in [2.05, 4.69) is 4.90 Å². The van der Waals surface area contributed by atoms with Crippen molar-refractivity contribution in [2.45, 2.75) is 45.1 Å². The Morgan fingerprint density at radius 2 is 1.83 bits per heavy atom. The van der Waals surface area contributed by atoms with Gasteiger partial charge in [0.25, 0.3) is 0 Å². The van der Waals surface area contributed by atoms with Gasteiger partial charge in [-0.1, -0.05) is 30.2 Å². The lowest BCUT2D eigenvalue weighted by Gasteiger charge is -2.26. The lowest BCUT2D eigenvalue weighted by Crippen LogP contribution is -2.30. The molecule has 0 spiro atoms. The van der Waals surface area contributed by atoms with Crippen LogP contribution < -0.4 is 15.2 Å². The normalized spacial score (nSPS) is 14.5. The molecule has 1 fully saturated rings. The van der Waals surface area contributed by atoms with Crippen LogP contribution in [0.3, 0.4) is 0 Å². The number of nitrogens with zero attached hydrogens (tertiary/aromatic N) is 1. The van der Waals surface area contributed by atoms with Gasteiger partial charge < -0.3 is 20.1 Å². The molecular formula is C24H31ClN2O3. The molecule has 1 aliphatic heterocycles. The first-order valence-electron chi connectivity index (χ1n) is 10.7. The minimum atomic E-state index is 0.0419. The number of carbonyl (C=O) groups excluding carboxylic acids is 1. The second kappa shape index (κ2) is 11.2. The molecule has 0 amide bonds. The van der Waals surface area contributed by atoms with Crippen molar-refractivity contribution in [2.24, 2.45) is 0 Å². The summed E-state index contributed by atoms with van der Waals surface area (Å²) in [6.07, 6.45) is 6.28. The lowest BCUT2D eigenvalue weighted by molar-refractivity contribution is 0.0973. The summed E-state index contributed by atoms with van der Waals surface area (Å²) in [6, 6.07) is 10.9. The number of likely N-dealkylation sites (tertiary alicyclic amines) is 1. The van der Waals surface area contributed by atoms with E-state index in [1.165, 1.54) is 32.4 Å². The first-order chi connectivity index (χ1) is 14.6. The molecule has 1 heterocycles. The molecule has 0 aromatic heterocycles. The monoisotopic (exact) mass is 430 g/mol. The van der Waals surface area contributed by atoms with Gasteiger partial charge in [0.2, 0.25) is 0 Å². The van der Waals surface area contributed by atoms with Crippen molar-refractivity contribution in [3.05, 3.63) is 52.5 Å². The van der Waals surface area contributed by atoms with E-state index in [1.54, 1.807) is 19.2 Å². The zero-order valence-corrected chi connectivity index (χ0v) is 18.4. The van der Waals surface area contributed by atoms with Crippen LogP contribution in [0.1, 0.15) is 54.4 Å². The second-order valence-electron chi connectivity index (χ2n) is 7.79. The number of methoxy groups -OCH3 is 1. The molecule has 2 aromatic rings. The number of unbranched alkanes of at least 4 members (excludes halogenated alkanes) is 1. The van der Waals surface area contributed by atoms with Crippen molar-refractivity contribution >= 4 is 23.1 Å². The molecule has 5 nitrogen and oxygen atoms in total. The molecule has 1 saturated heterocycles. The Kier molecular flexibility index (Phi) is 8.40. The lowest BCUT2D eigenvalue weighted by atomic mass is 10.0. The largest absolute Gasteiger partial charge is 0.497 e. The molecule has 6 heteroatoms. The Hall–Kier alpha value is -2.24. The van der Waals surface area contributed by atoms with Crippen LogP contribution in [0.4, 0.5) is 5.69 Å². The predicted molar refractivity (Wildman–Crippen MR) is 122 cm³/mol. The molecule has 2 aromatic carbocycles. The summed E-state index contributed by atoms with van der Waals surface area (Å²) >= 11 is 6.19.